The molecule has 0 fully saturated rings. The van der Waals surface area contributed by atoms with Crippen LogP contribution in [0.15, 0.2) is 60.3 Å². The van der Waals surface area contributed by atoms with E-state index in [1.54, 1.807) is 53.1 Å². The van der Waals surface area contributed by atoms with Crippen LogP contribution in [0.2, 0.25) is 15.1 Å². The third-order valence-electron chi connectivity index (χ3n) is 4.13. The molecule has 3 aromatic rings. The van der Waals surface area contributed by atoms with Crippen LogP contribution in [-0.4, -0.2) is 32.3 Å². The lowest BCUT2D eigenvalue weighted by Gasteiger charge is -2.10. The molecule has 11 heteroatoms. The molecule has 2 amide bonds. The zero-order valence-corrected chi connectivity index (χ0v) is 19.7. The first-order chi connectivity index (χ1) is 15.4. The van der Waals surface area contributed by atoms with Crippen LogP contribution in [0, 0.1) is 0 Å². The quantitative estimate of drug-likeness (QED) is 0.300. The molecule has 1 aromatic heterocycles. The summed E-state index contributed by atoms with van der Waals surface area (Å²) in [6, 6.07) is 11.9. The zero-order chi connectivity index (χ0) is 23.1. The van der Waals surface area contributed by atoms with E-state index >= 15 is 0 Å². The van der Waals surface area contributed by atoms with E-state index in [0.29, 0.717) is 38.9 Å². The molecule has 0 saturated heterocycles. The summed E-state index contributed by atoms with van der Waals surface area (Å²) in [5.74, 6) is -0.0782. The van der Waals surface area contributed by atoms with Crippen molar-refractivity contribution >= 4 is 69.8 Å². The third kappa shape index (κ3) is 6.26. The Bertz CT molecular complexity index is 1150. The number of hydrogen-bond acceptors (Lipinski definition) is 5. The number of nitrogens with one attached hydrogen (secondary N) is 2. The van der Waals surface area contributed by atoms with Crippen LogP contribution in [-0.2, 0) is 22.6 Å². The number of aromatic nitrogens is 3. The number of carbonyl (C=O) groups excluding carboxylic acids is 2. The zero-order valence-electron chi connectivity index (χ0n) is 16.6. The van der Waals surface area contributed by atoms with Gasteiger partial charge in [0.25, 0.3) is 0 Å². The molecule has 7 nitrogen and oxygen atoms in total. The van der Waals surface area contributed by atoms with Crippen LogP contribution in [0.25, 0.3) is 0 Å². The lowest BCUT2D eigenvalue weighted by molar-refractivity contribution is -0.116. The molecule has 2 aromatic carbocycles. The summed E-state index contributed by atoms with van der Waals surface area (Å²) in [4.78, 5) is 24.8. The first-order valence-electron chi connectivity index (χ1n) is 9.33. The second-order valence-corrected chi connectivity index (χ2v) is 8.58. The van der Waals surface area contributed by atoms with Gasteiger partial charge in [0.15, 0.2) is 5.16 Å². The fourth-order valence-electron chi connectivity index (χ4n) is 2.69. The molecule has 0 aliphatic carbocycles. The van der Waals surface area contributed by atoms with Crippen molar-refractivity contribution in [2.75, 3.05) is 16.4 Å². The molecular formula is C21H18Cl3N5O2S. The van der Waals surface area contributed by atoms with Crippen molar-refractivity contribution in [2.24, 2.45) is 0 Å². The Morgan fingerprint density at radius 1 is 0.969 bits per heavy atom. The van der Waals surface area contributed by atoms with E-state index < -0.39 is 0 Å². The topological polar surface area (TPSA) is 88.9 Å². The van der Waals surface area contributed by atoms with Gasteiger partial charge in [0.2, 0.25) is 11.8 Å². The molecule has 0 atom stereocenters. The number of nitrogens with zero attached hydrogens (tertiary/aromatic N) is 3. The Morgan fingerprint density at radius 3 is 2.41 bits per heavy atom. The Hall–Kier alpha value is -2.52. The number of halogens is 3. The van der Waals surface area contributed by atoms with E-state index in [-0.39, 0.29) is 29.0 Å². The van der Waals surface area contributed by atoms with Crippen LogP contribution in [0.4, 0.5) is 11.4 Å². The molecule has 3 rings (SSSR count). The molecule has 0 saturated carbocycles. The van der Waals surface area contributed by atoms with Crippen molar-refractivity contribution < 1.29 is 9.59 Å². The molecule has 32 heavy (non-hydrogen) atoms. The van der Waals surface area contributed by atoms with Crippen molar-refractivity contribution in [3.05, 3.63) is 76.0 Å². The van der Waals surface area contributed by atoms with Crippen LogP contribution in [0.3, 0.4) is 0 Å². The largest absolute Gasteiger partial charge is 0.324 e. The van der Waals surface area contributed by atoms with Crippen molar-refractivity contribution in [1.29, 1.82) is 0 Å². The van der Waals surface area contributed by atoms with Crippen molar-refractivity contribution in [3.63, 3.8) is 0 Å². The average molecular weight is 511 g/mol. The predicted molar refractivity (Wildman–Crippen MR) is 130 cm³/mol. The molecule has 2 N–H and O–H groups in total. The molecule has 0 radical (unpaired) electrons. The number of amides is 2. The second kappa shape index (κ2) is 11.4. The fourth-order valence-corrected chi connectivity index (χ4v) is 3.98. The maximum atomic E-state index is 12.5. The highest BCUT2D eigenvalue weighted by Crippen LogP contribution is 2.30. The maximum Gasteiger partial charge on any atom is 0.234 e. The normalized spacial score (nSPS) is 10.6. The van der Waals surface area contributed by atoms with Crippen LogP contribution < -0.4 is 10.6 Å². The van der Waals surface area contributed by atoms with Crippen LogP contribution in [0.5, 0.6) is 0 Å². The second-order valence-electron chi connectivity index (χ2n) is 6.44. The number of benzene rings is 2. The maximum absolute atomic E-state index is 12.5. The number of hydrogen-bond donors (Lipinski definition) is 2. The molecule has 0 unspecified atom stereocenters. The van der Waals surface area contributed by atoms with Gasteiger partial charge in [-0.2, -0.15) is 0 Å². The van der Waals surface area contributed by atoms with E-state index in [1.165, 1.54) is 11.8 Å². The summed E-state index contributed by atoms with van der Waals surface area (Å²) in [7, 11) is 0. The van der Waals surface area contributed by atoms with Gasteiger partial charge >= 0.3 is 0 Å². The summed E-state index contributed by atoms with van der Waals surface area (Å²) >= 11 is 19.3. The van der Waals surface area contributed by atoms with Gasteiger partial charge in [0.05, 0.1) is 38.6 Å². The first kappa shape index (κ1) is 24.1. The number of anilines is 2. The van der Waals surface area contributed by atoms with E-state index in [0.717, 1.165) is 0 Å². The molecule has 0 spiro atoms. The van der Waals surface area contributed by atoms with Crippen LogP contribution >= 0.6 is 46.6 Å². The van der Waals surface area contributed by atoms with Crippen molar-refractivity contribution in [1.82, 2.24) is 14.8 Å². The van der Waals surface area contributed by atoms with E-state index in [1.807, 2.05) is 0 Å². The van der Waals surface area contributed by atoms with Crippen LogP contribution in [0.1, 0.15) is 5.82 Å². The summed E-state index contributed by atoms with van der Waals surface area (Å²) < 4.78 is 1.73. The molecule has 0 bridgehead atoms. The highest BCUT2D eigenvalue weighted by atomic mass is 35.5. The lowest BCUT2D eigenvalue weighted by atomic mass is 10.3. The van der Waals surface area contributed by atoms with Gasteiger partial charge in [0.1, 0.15) is 5.82 Å². The minimum absolute atomic E-state index is 0.0169. The third-order valence-corrected chi connectivity index (χ3v) is 6.25. The smallest absolute Gasteiger partial charge is 0.234 e. The highest BCUT2D eigenvalue weighted by molar-refractivity contribution is 7.99. The number of thioether (sulfide) groups is 1. The number of carbonyl (C=O) groups is 2. The van der Waals surface area contributed by atoms with Gasteiger partial charge < -0.3 is 15.2 Å². The molecule has 1 heterocycles. The number of para-hydroxylation sites is 1. The van der Waals surface area contributed by atoms with E-state index in [2.05, 4.69) is 27.4 Å². The Labute approximate surface area is 204 Å². The first-order valence-corrected chi connectivity index (χ1v) is 11.4. The Morgan fingerprint density at radius 2 is 1.66 bits per heavy atom. The van der Waals surface area contributed by atoms with Gasteiger partial charge in [-0.25, -0.2) is 0 Å². The molecule has 166 valence electrons. The number of rotatable bonds is 9. The van der Waals surface area contributed by atoms with Crippen molar-refractivity contribution in [3.8, 4) is 0 Å². The Kier molecular flexibility index (Phi) is 8.58. The molecular weight excluding hydrogens is 493 g/mol. The van der Waals surface area contributed by atoms with Gasteiger partial charge in [0, 0.05) is 6.54 Å². The monoisotopic (exact) mass is 509 g/mol. The van der Waals surface area contributed by atoms with Crippen molar-refractivity contribution in [2.45, 2.75) is 18.1 Å². The van der Waals surface area contributed by atoms with Gasteiger partial charge in [-0.1, -0.05) is 70.8 Å². The summed E-state index contributed by atoms with van der Waals surface area (Å²) in [6.45, 7) is 4.12. The lowest BCUT2D eigenvalue weighted by Crippen LogP contribution is -2.18. The average Bonchev–Trinajstić information content (AvgIpc) is 3.13. The minimum atomic E-state index is -0.291. The van der Waals surface area contributed by atoms with Gasteiger partial charge in [-0.3, -0.25) is 9.59 Å². The minimum Gasteiger partial charge on any atom is -0.324 e. The molecule has 0 aliphatic rings. The Balaban J connectivity index is 1.64. The standard InChI is InChI=1S/C21H18Cl3N5O2S/c1-2-10-29-17(11-18(30)25-15-8-4-3-6-13(15)22)27-28-21(29)32-12-19(31)26-16-9-5-7-14(23)20(16)24/h2-9H,1,10-12H2,(H,25,30)(H,26,31). The van der Waals surface area contributed by atoms with Gasteiger partial charge in [-0.15, -0.1) is 16.8 Å². The summed E-state index contributed by atoms with van der Waals surface area (Å²) in [5.41, 5.74) is 0.939. The summed E-state index contributed by atoms with van der Waals surface area (Å²) in [5, 5.41) is 15.2. The fraction of sp³-hybridized carbons (Fsp3) is 0.143. The highest BCUT2D eigenvalue weighted by Gasteiger charge is 2.17. The van der Waals surface area contributed by atoms with E-state index in [9.17, 15) is 9.59 Å². The van der Waals surface area contributed by atoms with E-state index in [4.69, 9.17) is 34.8 Å². The molecule has 0 aliphatic heterocycles. The number of allylic oxidation sites excluding steroid dienone is 1. The van der Waals surface area contributed by atoms with Gasteiger partial charge in [-0.05, 0) is 24.3 Å². The summed E-state index contributed by atoms with van der Waals surface area (Å²) in [6.07, 6.45) is 1.64. The SMILES string of the molecule is C=CCn1c(CC(=O)Nc2ccccc2Cl)nnc1SCC(=O)Nc1cccc(Cl)c1Cl. The predicted octanol–water partition coefficient (Wildman–Crippen LogP) is 5.34.